The SMILES string of the molecule is O=C(O)c1ccn(C2CCN(Cc3ccc(F)c4ccoc34)CC2)n1. The Labute approximate surface area is 143 Å². The van der Waals surface area contributed by atoms with Gasteiger partial charge in [0.1, 0.15) is 11.4 Å². The molecule has 6 nitrogen and oxygen atoms in total. The number of fused-ring (bicyclic) bond motifs is 1. The monoisotopic (exact) mass is 343 g/mol. The summed E-state index contributed by atoms with van der Waals surface area (Å²) in [5, 5.41) is 13.6. The lowest BCUT2D eigenvalue weighted by Crippen LogP contribution is -2.34. The third kappa shape index (κ3) is 3.02. The minimum Gasteiger partial charge on any atom is -0.476 e. The standard InChI is InChI=1S/C18H18FN3O3/c19-15-2-1-12(17-14(15)6-10-25-17)11-21-7-3-13(4-8-21)22-9-5-16(20-22)18(23)24/h1-2,5-6,9-10,13H,3-4,7-8,11H2,(H,23,24). The van der Waals surface area contributed by atoms with Gasteiger partial charge in [0.2, 0.25) is 0 Å². The number of carboxylic acids is 1. The molecule has 4 rings (SSSR count). The van der Waals surface area contributed by atoms with Crippen molar-refractivity contribution >= 4 is 16.9 Å². The van der Waals surface area contributed by atoms with E-state index in [1.165, 1.54) is 18.4 Å². The summed E-state index contributed by atoms with van der Waals surface area (Å²) in [7, 11) is 0. The number of aromatic nitrogens is 2. The highest BCUT2D eigenvalue weighted by Gasteiger charge is 2.23. The number of aromatic carboxylic acids is 1. The van der Waals surface area contributed by atoms with Crippen molar-refractivity contribution in [3.05, 3.63) is 53.8 Å². The van der Waals surface area contributed by atoms with Gasteiger partial charge in [-0.1, -0.05) is 6.07 Å². The fourth-order valence-corrected chi connectivity index (χ4v) is 3.45. The molecular formula is C18H18FN3O3. The van der Waals surface area contributed by atoms with Gasteiger partial charge in [-0.2, -0.15) is 5.10 Å². The number of carboxylic acid groups (broad SMARTS) is 1. The number of nitrogens with zero attached hydrogens (tertiary/aromatic N) is 3. The summed E-state index contributed by atoms with van der Waals surface area (Å²) in [6, 6.07) is 6.65. The second kappa shape index (κ2) is 6.33. The Morgan fingerprint density at radius 2 is 2.08 bits per heavy atom. The maximum atomic E-state index is 13.8. The molecule has 0 unspecified atom stereocenters. The fourth-order valence-electron chi connectivity index (χ4n) is 3.45. The molecule has 0 amide bonds. The maximum Gasteiger partial charge on any atom is 0.356 e. The van der Waals surface area contributed by atoms with Gasteiger partial charge in [0.05, 0.1) is 17.7 Å². The van der Waals surface area contributed by atoms with Gasteiger partial charge in [-0.25, -0.2) is 9.18 Å². The van der Waals surface area contributed by atoms with Crippen molar-refractivity contribution in [3.8, 4) is 0 Å². The fraction of sp³-hybridized carbons (Fsp3) is 0.333. The molecule has 7 heteroatoms. The first-order valence-corrected chi connectivity index (χ1v) is 8.27. The summed E-state index contributed by atoms with van der Waals surface area (Å²) in [5.74, 6) is -1.27. The first kappa shape index (κ1) is 15.8. The number of benzene rings is 1. The summed E-state index contributed by atoms with van der Waals surface area (Å²) in [6.07, 6.45) is 5.03. The molecular weight excluding hydrogens is 325 g/mol. The van der Waals surface area contributed by atoms with E-state index >= 15 is 0 Å². The minimum atomic E-state index is -1.00. The predicted octanol–water partition coefficient (Wildman–Crippen LogP) is 3.30. The van der Waals surface area contributed by atoms with Crippen LogP contribution >= 0.6 is 0 Å². The average Bonchev–Trinajstić information content (AvgIpc) is 3.28. The number of hydrogen-bond donors (Lipinski definition) is 1. The van der Waals surface area contributed by atoms with Crippen molar-refractivity contribution in [3.63, 3.8) is 0 Å². The Balaban J connectivity index is 1.42. The van der Waals surface area contributed by atoms with Crippen molar-refractivity contribution in [2.75, 3.05) is 13.1 Å². The normalized spacial score (nSPS) is 16.5. The second-order valence-corrected chi connectivity index (χ2v) is 6.36. The molecule has 1 aliphatic heterocycles. The lowest BCUT2D eigenvalue weighted by atomic mass is 10.0. The number of rotatable bonds is 4. The van der Waals surface area contributed by atoms with Crippen molar-refractivity contribution in [2.45, 2.75) is 25.4 Å². The van der Waals surface area contributed by atoms with Crippen LogP contribution in [0, 0.1) is 5.82 Å². The van der Waals surface area contributed by atoms with Crippen LogP contribution in [0.15, 0.2) is 41.1 Å². The molecule has 0 saturated carbocycles. The van der Waals surface area contributed by atoms with Crippen LogP contribution in [-0.4, -0.2) is 38.8 Å². The van der Waals surface area contributed by atoms with E-state index in [4.69, 9.17) is 9.52 Å². The summed E-state index contributed by atoms with van der Waals surface area (Å²) < 4.78 is 21.0. The van der Waals surface area contributed by atoms with Crippen LogP contribution in [0.2, 0.25) is 0 Å². The van der Waals surface area contributed by atoms with Crippen LogP contribution in [-0.2, 0) is 6.54 Å². The molecule has 0 bridgehead atoms. The Morgan fingerprint density at radius 1 is 1.28 bits per heavy atom. The Bertz CT molecular complexity index is 909. The summed E-state index contributed by atoms with van der Waals surface area (Å²) in [6.45, 7) is 2.44. The Morgan fingerprint density at radius 3 is 2.80 bits per heavy atom. The quantitative estimate of drug-likeness (QED) is 0.787. The highest BCUT2D eigenvalue weighted by atomic mass is 19.1. The molecule has 1 saturated heterocycles. The molecule has 1 N–H and O–H groups in total. The van der Waals surface area contributed by atoms with Crippen LogP contribution in [0.4, 0.5) is 4.39 Å². The third-order valence-corrected chi connectivity index (χ3v) is 4.80. The Hall–Kier alpha value is -2.67. The van der Waals surface area contributed by atoms with E-state index in [0.717, 1.165) is 31.5 Å². The lowest BCUT2D eigenvalue weighted by Gasteiger charge is -2.32. The van der Waals surface area contributed by atoms with Crippen molar-refractivity contribution in [2.24, 2.45) is 0 Å². The maximum absolute atomic E-state index is 13.8. The van der Waals surface area contributed by atoms with Gasteiger partial charge >= 0.3 is 5.97 Å². The second-order valence-electron chi connectivity index (χ2n) is 6.36. The average molecular weight is 343 g/mol. The molecule has 130 valence electrons. The van der Waals surface area contributed by atoms with E-state index < -0.39 is 5.97 Å². The number of piperidine rings is 1. The van der Waals surface area contributed by atoms with Crippen molar-refractivity contribution in [1.82, 2.24) is 14.7 Å². The number of halogens is 1. The van der Waals surface area contributed by atoms with Gasteiger partial charge in [-0.3, -0.25) is 9.58 Å². The highest BCUT2D eigenvalue weighted by molar-refractivity contribution is 5.85. The number of likely N-dealkylation sites (tertiary alicyclic amines) is 1. The van der Waals surface area contributed by atoms with Crippen molar-refractivity contribution in [1.29, 1.82) is 0 Å². The van der Waals surface area contributed by atoms with E-state index in [1.807, 2.05) is 0 Å². The van der Waals surface area contributed by atoms with Gasteiger partial charge in [0, 0.05) is 31.4 Å². The van der Waals surface area contributed by atoms with Gasteiger partial charge < -0.3 is 9.52 Å². The van der Waals surface area contributed by atoms with Gasteiger partial charge in [-0.05, 0) is 31.0 Å². The largest absolute Gasteiger partial charge is 0.476 e. The summed E-state index contributed by atoms with van der Waals surface area (Å²) in [4.78, 5) is 13.2. The molecule has 0 aliphatic carbocycles. The van der Waals surface area contributed by atoms with Gasteiger partial charge in [-0.15, -0.1) is 0 Å². The molecule has 1 fully saturated rings. The minimum absolute atomic E-state index is 0.0777. The number of furan rings is 1. The van der Waals surface area contributed by atoms with E-state index in [9.17, 15) is 9.18 Å². The molecule has 1 aliphatic rings. The molecule has 3 heterocycles. The molecule has 25 heavy (non-hydrogen) atoms. The number of carbonyl (C=O) groups is 1. The van der Waals surface area contributed by atoms with Crippen LogP contribution in [0.5, 0.6) is 0 Å². The molecule has 0 atom stereocenters. The Kier molecular flexibility index (Phi) is 4.01. The summed E-state index contributed by atoms with van der Waals surface area (Å²) in [5.41, 5.74) is 1.67. The predicted molar refractivity (Wildman–Crippen MR) is 88.9 cm³/mol. The van der Waals surface area contributed by atoms with Crippen LogP contribution in [0.1, 0.15) is 34.9 Å². The van der Waals surface area contributed by atoms with Crippen LogP contribution in [0.25, 0.3) is 11.0 Å². The van der Waals surface area contributed by atoms with E-state index in [0.29, 0.717) is 17.5 Å². The zero-order chi connectivity index (χ0) is 17.4. The molecule has 3 aromatic rings. The van der Waals surface area contributed by atoms with Gasteiger partial charge in [0.15, 0.2) is 5.69 Å². The smallest absolute Gasteiger partial charge is 0.356 e. The third-order valence-electron chi connectivity index (χ3n) is 4.80. The lowest BCUT2D eigenvalue weighted by molar-refractivity contribution is 0.0688. The van der Waals surface area contributed by atoms with Crippen LogP contribution in [0.3, 0.4) is 0 Å². The van der Waals surface area contributed by atoms with Crippen molar-refractivity contribution < 1.29 is 18.7 Å². The zero-order valence-electron chi connectivity index (χ0n) is 13.6. The zero-order valence-corrected chi connectivity index (χ0v) is 13.6. The molecule has 0 spiro atoms. The molecule has 1 aromatic carbocycles. The van der Waals surface area contributed by atoms with E-state index in [2.05, 4.69) is 10.00 Å². The number of hydrogen-bond acceptors (Lipinski definition) is 4. The van der Waals surface area contributed by atoms with E-state index in [1.54, 1.807) is 23.0 Å². The summed E-state index contributed by atoms with van der Waals surface area (Å²) >= 11 is 0. The van der Waals surface area contributed by atoms with Crippen LogP contribution < -0.4 is 0 Å². The topological polar surface area (TPSA) is 71.5 Å². The molecule has 2 aromatic heterocycles. The first-order valence-electron chi connectivity index (χ1n) is 8.27. The van der Waals surface area contributed by atoms with E-state index in [-0.39, 0.29) is 17.6 Å². The van der Waals surface area contributed by atoms with Gasteiger partial charge in [0.25, 0.3) is 0 Å². The molecule has 0 radical (unpaired) electrons. The first-order chi connectivity index (χ1) is 12.1. The highest BCUT2D eigenvalue weighted by Crippen LogP contribution is 2.27.